The van der Waals surface area contributed by atoms with Crippen LogP contribution in [0.1, 0.15) is 12.5 Å². The molecule has 1 saturated heterocycles. The number of carbonyl (C=O) groups is 1. The molecule has 2 rings (SSSR count). The van der Waals surface area contributed by atoms with E-state index >= 15 is 0 Å². The maximum atomic E-state index is 12.4. The van der Waals surface area contributed by atoms with Crippen molar-refractivity contribution in [3.8, 4) is 0 Å². The third-order valence-electron chi connectivity index (χ3n) is 3.48. The van der Waals surface area contributed by atoms with Crippen molar-refractivity contribution in [2.24, 2.45) is 0 Å². The molecular formula is C13H18N2O4S. The lowest BCUT2D eigenvalue weighted by Gasteiger charge is -2.38. The summed E-state index contributed by atoms with van der Waals surface area (Å²) in [5.74, 6) is -1.01. The lowest BCUT2D eigenvalue weighted by molar-refractivity contribution is -0.138. The molecule has 0 spiro atoms. The Balaban J connectivity index is 2.12. The number of aliphatic carboxylic acids is 1. The fourth-order valence-corrected chi connectivity index (χ4v) is 3.94. The van der Waals surface area contributed by atoms with Crippen LogP contribution in [0.25, 0.3) is 0 Å². The predicted molar refractivity (Wildman–Crippen MR) is 74.4 cm³/mol. The van der Waals surface area contributed by atoms with E-state index < -0.39 is 21.4 Å². The van der Waals surface area contributed by atoms with Crippen LogP contribution in [0.5, 0.6) is 0 Å². The van der Waals surface area contributed by atoms with E-state index in [1.807, 2.05) is 30.3 Å². The van der Waals surface area contributed by atoms with E-state index in [-0.39, 0.29) is 6.54 Å². The lowest BCUT2D eigenvalue weighted by Crippen LogP contribution is -2.55. The van der Waals surface area contributed by atoms with E-state index in [9.17, 15) is 13.2 Å². The van der Waals surface area contributed by atoms with Crippen LogP contribution in [0.2, 0.25) is 0 Å². The highest BCUT2D eigenvalue weighted by molar-refractivity contribution is 7.89. The first-order chi connectivity index (χ1) is 9.41. The number of nitrogens with zero attached hydrogens (tertiary/aromatic N) is 2. The number of carboxylic acids is 1. The molecule has 0 aromatic heterocycles. The van der Waals surface area contributed by atoms with Crippen LogP contribution in [0.3, 0.4) is 0 Å². The second-order valence-corrected chi connectivity index (χ2v) is 7.06. The topological polar surface area (TPSA) is 77.9 Å². The summed E-state index contributed by atoms with van der Waals surface area (Å²) in [7, 11) is -3.50. The van der Waals surface area contributed by atoms with E-state index in [1.165, 1.54) is 16.1 Å². The van der Waals surface area contributed by atoms with Crippen LogP contribution >= 0.6 is 0 Å². The van der Waals surface area contributed by atoms with Gasteiger partial charge in [0, 0.05) is 19.6 Å². The maximum absolute atomic E-state index is 12.4. The number of hydrogen-bond donors (Lipinski definition) is 1. The van der Waals surface area contributed by atoms with E-state index in [1.54, 1.807) is 0 Å². The molecule has 0 bridgehead atoms. The minimum atomic E-state index is -3.50. The van der Waals surface area contributed by atoms with Crippen molar-refractivity contribution in [1.29, 1.82) is 0 Å². The Kier molecular flexibility index (Phi) is 4.42. The predicted octanol–water partition coefficient (Wildman–Crippen LogP) is 0.565. The average molecular weight is 298 g/mol. The van der Waals surface area contributed by atoms with Gasteiger partial charge in [0.15, 0.2) is 0 Å². The Morgan fingerprint density at radius 3 is 2.55 bits per heavy atom. The Hall–Kier alpha value is -1.44. The van der Waals surface area contributed by atoms with Gasteiger partial charge in [0.05, 0.1) is 6.54 Å². The summed E-state index contributed by atoms with van der Waals surface area (Å²) in [5.41, 5.74) is 0.926. The third-order valence-corrected chi connectivity index (χ3v) is 5.67. The fourth-order valence-electron chi connectivity index (χ4n) is 2.29. The summed E-state index contributed by atoms with van der Waals surface area (Å²) >= 11 is 0. The summed E-state index contributed by atoms with van der Waals surface area (Å²) < 4.78 is 26.2. The summed E-state index contributed by atoms with van der Waals surface area (Å²) in [6, 6.07) is 9.37. The molecule has 1 atom stereocenters. The molecule has 0 radical (unpaired) electrons. The number of sulfonamides is 1. The van der Waals surface area contributed by atoms with E-state index in [4.69, 9.17) is 5.11 Å². The molecule has 0 amide bonds. The number of rotatable bonds is 4. The minimum absolute atomic E-state index is 0.250. The Morgan fingerprint density at radius 1 is 1.30 bits per heavy atom. The van der Waals surface area contributed by atoms with Crippen molar-refractivity contribution in [3.05, 3.63) is 35.9 Å². The van der Waals surface area contributed by atoms with Gasteiger partial charge >= 0.3 is 5.97 Å². The van der Waals surface area contributed by atoms with Crippen LogP contribution in [0, 0.1) is 0 Å². The summed E-state index contributed by atoms with van der Waals surface area (Å²) in [6.07, 6.45) is 0. The monoisotopic (exact) mass is 298 g/mol. The zero-order valence-corrected chi connectivity index (χ0v) is 12.1. The second kappa shape index (κ2) is 5.90. The molecule has 6 nitrogen and oxygen atoms in total. The first-order valence-corrected chi connectivity index (χ1v) is 7.90. The average Bonchev–Trinajstić information content (AvgIpc) is 2.40. The molecule has 1 heterocycles. The van der Waals surface area contributed by atoms with Crippen LogP contribution < -0.4 is 0 Å². The molecular weight excluding hydrogens is 280 g/mol. The largest absolute Gasteiger partial charge is 0.480 e. The Bertz CT molecular complexity index is 573. The molecule has 1 N–H and O–H groups in total. The molecule has 0 aliphatic carbocycles. The molecule has 1 fully saturated rings. The quantitative estimate of drug-likeness (QED) is 0.879. The number of carboxylic acid groups (broad SMARTS) is 1. The van der Waals surface area contributed by atoms with Gasteiger partial charge in [0.1, 0.15) is 5.37 Å². The molecule has 20 heavy (non-hydrogen) atoms. The van der Waals surface area contributed by atoms with Gasteiger partial charge in [-0.25, -0.2) is 8.42 Å². The second-order valence-electron chi connectivity index (χ2n) is 4.83. The summed E-state index contributed by atoms with van der Waals surface area (Å²) in [5, 5.41) is 8.00. The molecule has 1 aromatic rings. The number of hydrogen-bond acceptors (Lipinski definition) is 4. The SMILES string of the molecule is C[C@H]1N(CC(=O)O)CCN(Cc2ccccc2)S1(=O)=O. The highest BCUT2D eigenvalue weighted by Gasteiger charge is 2.38. The van der Waals surface area contributed by atoms with Gasteiger partial charge in [-0.15, -0.1) is 0 Å². The third kappa shape index (κ3) is 3.17. The fraction of sp³-hybridized carbons (Fsp3) is 0.462. The van der Waals surface area contributed by atoms with Gasteiger partial charge in [-0.05, 0) is 12.5 Å². The normalized spacial score (nSPS) is 23.6. The maximum Gasteiger partial charge on any atom is 0.317 e. The Morgan fingerprint density at radius 2 is 1.95 bits per heavy atom. The van der Waals surface area contributed by atoms with E-state index in [0.29, 0.717) is 19.6 Å². The summed E-state index contributed by atoms with van der Waals surface area (Å²) in [6.45, 7) is 2.36. The van der Waals surface area contributed by atoms with Crippen molar-refractivity contribution >= 4 is 16.0 Å². The Labute approximate surface area is 118 Å². The van der Waals surface area contributed by atoms with Crippen LogP contribution in [0.4, 0.5) is 0 Å². The molecule has 7 heteroatoms. The van der Waals surface area contributed by atoms with E-state index in [2.05, 4.69) is 0 Å². The van der Waals surface area contributed by atoms with Crippen molar-refractivity contribution in [2.75, 3.05) is 19.6 Å². The van der Waals surface area contributed by atoms with Crippen LogP contribution in [-0.2, 0) is 21.4 Å². The van der Waals surface area contributed by atoms with Gasteiger partial charge in [0.25, 0.3) is 0 Å². The zero-order chi connectivity index (χ0) is 14.8. The molecule has 110 valence electrons. The lowest BCUT2D eigenvalue weighted by atomic mass is 10.2. The summed E-state index contributed by atoms with van der Waals surface area (Å²) in [4.78, 5) is 12.2. The first kappa shape index (κ1) is 15.0. The van der Waals surface area contributed by atoms with Crippen molar-refractivity contribution in [1.82, 2.24) is 9.21 Å². The molecule has 1 aliphatic heterocycles. The smallest absolute Gasteiger partial charge is 0.317 e. The van der Waals surface area contributed by atoms with Crippen molar-refractivity contribution in [2.45, 2.75) is 18.8 Å². The van der Waals surface area contributed by atoms with Crippen LogP contribution in [-0.4, -0.2) is 53.7 Å². The highest BCUT2D eigenvalue weighted by atomic mass is 32.2. The molecule has 0 unspecified atom stereocenters. The van der Waals surface area contributed by atoms with Gasteiger partial charge in [-0.2, -0.15) is 4.31 Å². The number of benzene rings is 1. The van der Waals surface area contributed by atoms with Crippen LogP contribution in [0.15, 0.2) is 30.3 Å². The van der Waals surface area contributed by atoms with Crippen molar-refractivity contribution < 1.29 is 18.3 Å². The standard InChI is InChI=1S/C13H18N2O4S/c1-11-14(10-13(16)17)7-8-15(20(11,18)19)9-12-5-3-2-4-6-12/h2-6,11H,7-10H2,1H3,(H,16,17)/t11-/m0/s1. The van der Waals surface area contributed by atoms with Gasteiger partial charge in [0.2, 0.25) is 10.0 Å². The highest BCUT2D eigenvalue weighted by Crippen LogP contribution is 2.21. The first-order valence-electron chi connectivity index (χ1n) is 6.40. The van der Waals surface area contributed by atoms with Gasteiger partial charge in [-0.1, -0.05) is 30.3 Å². The minimum Gasteiger partial charge on any atom is -0.480 e. The van der Waals surface area contributed by atoms with E-state index in [0.717, 1.165) is 5.56 Å². The van der Waals surface area contributed by atoms with Gasteiger partial charge < -0.3 is 5.11 Å². The molecule has 1 aliphatic rings. The molecule has 0 saturated carbocycles. The van der Waals surface area contributed by atoms with Gasteiger partial charge in [-0.3, -0.25) is 9.69 Å². The van der Waals surface area contributed by atoms with Crippen molar-refractivity contribution in [3.63, 3.8) is 0 Å². The molecule has 1 aromatic carbocycles. The zero-order valence-electron chi connectivity index (χ0n) is 11.3.